The van der Waals surface area contributed by atoms with E-state index in [0.717, 1.165) is 0 Å². The fourth-order valence-corrected chi connectivity index (χ4v) is 8.04. The van der Waals surface area contributed by atoms with Crippen molar-refractivity contribution in [2.75, 3.05) is 19.0 Å². The van der Waals surface area contributed by atoms with Gasteiger partial charge in [0.25, 0.3) is 0 Å². The summed E-state index contributed by atoms with van der Waals surface area (Å²) in [5.41, 5.74) is 6.00. The first kappa shape index (κ1) is 58.2. The van der Waals surface area contributed by atoms with Crippen molar-refractivity contribution in [3.63, 3.8) is 0 Å². The molecule has 0 spiro atoms. The number of allylic oxidation sites excluding steroid dienone is 12. The highest BCUT2D eigenvalue weighted by molar-refractivity contribution is 6.17. The lowest BCUT2D eigenvalue weighted by Crippen LogP contribution is -2.59. The van der Waals surface area contributed by atoms with Crippen molar-refractivity contribution >= 4 is 23.5 Å². The van der Waals surface area contributed by atoms with Crippen LogP contribution in [-0.4, -0.2) is 173 Å². The van der Waals surface area contributed by atoms with Gasteiger partial charge in [-0.2, -0.15) is 0 Å². The first-order chi connectivity index (χ1) is 31.8. The van der Waals surface area contributed by atoms with Gasteiger partial charge in [-0.15, -0.1) is 11.6 Å². The maximum atomic E-state index is 13.6. The third-order valence-electron chi connectivity index (χ3n) is 11.7. The lowest BCUT2D eigenvalue weighted by atomic mass is 9.82. The number of ether oxygens (including phenoxy) is 4. The molecule has 19 heteroatoms. The largest absolute Gasteiger partial charge is 0.462 e. The number of aliphatic hydroxyl groups is 10. The maximum Gasteiger partial charge on any atom is 0.308 e. The molecule has 0 radical (unpaired) electrons. The van der Waals surface area contributed by atoms with Gasteiger partial charge in [0, 0.05) is 50.4 Å². The Labute approximate surface area is 398 Å². The molecule has 3 heterocycles. The van der Waals surface area contributed by atoms with Crippen molar-refractivity contribution in [1.29, 1.82) is 0 Å². The van der Waals surface area contributed by atoms with E-state index in [9.17, 15) is 60.7 Å². The highest BCUT2D eigenvalue weighted by atomic mass is 35.5. The van der Waals surface area contributed by atoms with Crippen LogP contribution < -0.4 is 11.1 Å². The van der Waals surface area contributed by atoms with Crippen molar-refractivity contribution < 1.29 is 79.6 Å². The Morgan fingerprint density at radius 2 is 1.36 bits per heavy atom. The molecule has 3 aliphatic heterocycles. The molecular weight excluding hydrogens is 896 g/mol. The second-order valence-corrected chi connectivity index (χ2v) is 18.1. The van der Waals surface area contributed by atoms with Crippen LogP contribution in [0.3, 0.4) is 0 Å². The van der Waals surface area contributed by atoms with Crippen molar-refractivity contribution in [2.24, 2.45) is 17.6 Å². The van der Waals surface area contributed by atoms with Crippen LogP contribution in [0.5, 0.6) is 0 Å². The molecule has 0 aromatic carbocycles. The van der Waals surface area contributed by atoms with Crippen LogP contribution in [0.25, 0.3) is 0 Å². The number of alkyl halides is 1. The number of rotatable bonds is 6. The molecule has 0 aromatic rings. The molecule has 0 aliphatic carbocycles. The fraction of sp³-hybridized carbons (Fsp3) is 0.667. The normalized spacial score (nSPS) is 42.2. The molecule has 13 N–H and O–H groups in total. The summed E-state index contributed by atoms with van der Waals surface area (Å²) in [4.78, 5) is 26.1. The van der Waals surface area contributed by atoms with E-state index in [4.69, 9.17) is 36.3 Å². The van der Waals surface area contributed by atoms with Crippen LogP contribution in [0.2, 0.25) is 0 Å². The molecule has 17 atom stereocenters. The number of nitrogens with two attached hydrogens (primary N) is 1. The predicted octanol–water partition coefficient (Wildman–Crippen LogP) is 0.738. The van der Waals surface area contributed by atoms with Gasteiger partial charge in [-0.05, 0) is 32.6 Å². The van der Waals surface area contributed by atoms with Crippen LogP contribution in [-0.2, 0) is 28.5 Å². The monoisotopic (exact) mass is 970 g/mol. The molecule has 380 valence electrons. The zero-order chi connectivity index (χ0) is 49.5. The lowest BCUT2D eigenvalue weighted by molar-refractivity contribution is -0.304. The summed E-state index contributed by atoms with van der Waals surface area (Å²) in [7, 11) is 0. The molecule has 3 aliphatic rings. The highest BCUT2D eigenvalue weighted by Crippen LogP contribution is 2.38. The second kappa shape index (κ2) is 30.5. The summed E-state index contributed by atoms with van der Waals surface area (Å²) in [6, 6.07) is -1.11. The van der Waals surface area contributed by atoms with Crippen LogP contribution in [0.4, 0.5) is 0 Å². The minimum atomic E-state index is -2.26. The van der Waals surface area contributed by atoms with Crippen LogP contribution in [0.15, 0.2) is 85.1 Å². The molecule has 2 saturated heterocycles. The topological polar surface area (TPSA) is 311 Å². The Kier molecular flexibility index (Phi) is 26.4. The van der Waals surface area contributed by atoms with Gasteiger partial charge in [0.05, 0.1) is 86.0 Å². The molecule has 2 fully saturated rings. The van der Waals surface area contributed by atoms with E-state index in [1.165, 1.54) is 0 Å². The number of hydrogen-bond donors (Lipinski definition) is 12. The molecule has 1 amide bonds. The van der Waals surface area contributed by atoms with Gasteiger partial charge in [-0.3, -0.25) is 9.59 Å². The number of fused-ring (bicyclic) bond motifs is 2. The number of carbonyl (C=O) groups is 2. The van der Waals surface area contributed by atoms with E-state index < -0.39 is 135 Å². The van der Waals surface area contributed by atoms with Gasteiger partial charge in [0.2, 0.25) is 5.91 Å². The minimum Gasteiger partial charge on any atom is -0.462 e. The van der Waals surface area contributed by atoms with Crippen LogP contribution >= 0.6 is 11.6 Å². The van der Waals surface area contributed by atoms with Gasteiger partial charge in [-0.1, -0.05) is 92.0 Å². The number of carbonyl (C=O) groups excluding carboxylic acids is 2. The van der Waals surface area contributed by atoms with E-state index in [-0.39, 0.29) is 57.1 Å². The SMILES string of the molecule is C[C@H]1C[C@H](O)[C@@H](C)/C=C/C=C/C=C/C=C/C=C/C=C/C=C/C(O[C@@H]2OC[C@@H](O)[C@H](N)[C@@H]2O)C[C@@H]2OC(O)(C[C@@H](O)CC(O)C(O)CCC(O)CC(O)CC(=O)O1)C[C@H](O)[C@H]2C(=O)NCCCCl. The van der Waals surface area contributed by atoms with E-state index in [1.54, 1.807) is 61.6 Å². The molecular formula is C48H75ClN2O16. The minimum absolute atomic E-state index is 0.0914. The van der Waals surface area contributed by atoms with Gasteiger partial charge in [-0.25, -0.2) is 0 Å². The smallest absolute Gasteiger partial charge is 0.308 e. The third kappa shape index (κ3) is 21.6. The summed E-state index contributed by atoms with van der Waals surface area (Å²) >= 11 is 5.82. The molecule has 3 rings (SSSR count). The van der Waals surface area contributed by atoms with Crippen molar-refractivity contribution in [1.82, 2.24) is 5.32 Å². The number of cyclic esters (lactones) is 1. The Morgan fingerprint density at radius 1 is 0.746 bits per heavy atom. The third-order valence-corrected chi connectivity index (χ3v) is 11.9. The molecule has 6 unspecified atom stereocenters. The number of aliphatic hydroxyl groups excluding tert-OH is 9. The van der Waals surface area contributed by atoms with Crippen molar-refractivity contribution in [3.8, 4) is 0 Å². The van der Waals surface area contributed by atoms with Crippen molar-refractivity contribution in [2.45, 2.75) is 169 Å². The van der Waals surface area contributed by atoms with Crippen molar-refractivity contribution in [3.05, 3.63) is 85.1 Å². The number of nitrogens with one attached hydrogen (secondary N) is 1. The molecule has 0 saturated carbocycles. The molecule has 67 heavy (non-hydrogen) atoms. The Morgan fingerprint density at radius 3 is 1.99 bits per heavy atom. The average molecular weight is 972 g/mol. The molecule has 0 aromatic heterocycles. The first-order valence-corrected chi connectivity index (χ1v) is 23.6. The summed E-state index contributed by atoms with van der Waals surface area (Å²) in [6.07, 6.45) is 6.29. The first-order valence-electron chi connectivity index (χ1n) is 23.1. The van der Waals surface area contributed by atoms with Gasteiger partial charge < -0.3 is 81.1 Å². The van der Waals surface area contributed by atoms with Crippen LogP contribution in [0.1, 0.15) is 78.1 Å². The number of amides is 1. The van der Waals surface area contributed by atoms with Crippen LogP contribution in [0, 0.1) is 11.8 Å². The molecule has 18 nitrogen and oxygen atoms in total. The zero-order valence-electron chi connectivity index (χ0n) is 38.4. The van der Waals surface area contributed by atoms with Gasteiger partial charge >= 0.3 is 5.97 Å². The standard InChI is InChI=1S/C48H75ClN2O16/c1-30-16-13-11-9-7-5-3-4-6-8-10-12-14-17-35(66-47-45(61)44(50)40(59)29-64-47)26-41-43(46(62)51-21-15-20-49)39(58)28-48(63,67-41)27-34(54)24-38(57)36(55)19-18-32(52)23-33(53)25-42(60)65-31(2)22-37(30)56/h3-14,16-17,30-41,43-45,47,52-59,61,63H,15,18-29,50H2,1-2H3,(H,51,62)/b4-3+,7-5+,8-6+,11-9+,12-10+,16-13+,17-14+/t30-,31-,32?,33?,34-,35?,36?,37-,38?,39-,40+,41-,43+,44-,45-,47-,48?/m0/s1. The van der Waals surface area contributed by atoms with Gasteiger partial charge in [0.1, 0.15) is 12.2 Å². The average Bonchev–Trinajstić information content (AvgIpc) is 3.24. The number of esters is 1. The maximum absolute atomic E-state index is 13.6. The van der Waals surface area contributed by atoms with E-state index in [1.807, 2.05) is 37.3 Å². The Hall–Kier alpha value is -3.15. The quantitative estimate of drug-likeness (QED) is 0.0993. The van der Waals surface area contributed by atoms with Gasteiger partial charge in [0.15, 0.2) is 12.1 Å². The lowest BCUT2D eigenvalue weighted by Gasteiger charge is -2.45. The number of hydrogen-bond acceptors (Lipinski definition) is 17. The second-order valence-electron chi connectivity index (χ2n) is 17.7. The molecule has 2 bridgehead atoms. The van der Waals surface area contributed by atoms with E-state index in [0.29, 0.717) is 6.42 Å². The fourth-order valence-electron chi connectivity index (χ4n) is 7.91. The highest BCUT2D eigenvalue weighted by Gasteiger charge is 2.50. The zero-order valence-corrected chi connectivity index (χ0v) is 39.1. The van der Waals surface area contributed by atoms with E-state index >= 15 is 0 Å². The van der Waals surface area contributed by atoms with E-state index in [2.05, 4.69) is 5.32 Å². The summed E-state index contributed by atoms with van der Waals surface area (Å²) in [5.74, 6) is -4.86. The summed E-state index contributed by atoms with van der Waals surface area (Å²) in [5, 5.41) is 111. The Balaban J connectivity index is 1.89. The number of halogens is 1. The summed E-state index contributed by atoms with van der Waals surface area (Å²) in [6.45, 7) is 3.39. The predicted molar refractivity (Wildman–Crippen MR) is 249 cm³/mol. The summed E-state index contributed by atoms with van der Waals surface area (Å²) < 4.78 is 23.2. The Bertz CT molecular complexity index is 1680.